The van der Waals surface area contributed by atoms with Gasteiger partial charge in [0.25, 0.3) is 5.91 Å². The predicted molar refractivity (Wildman–Crippen MR) is 125 cm³/mol. The molecule has 0 saturated heterocycles. The number of hydrogen-bond acceptors (Lipinski definition) is 6. The number of anilines is 1. The van der Waals surface area contributed by atoms with E-state index in [0.717, 1.165) is 29.7 Å². The third-order valence-corrected chi connectivity index (χ3v) is 6.30. The van der Waals surface area contributed by atoms with Crippen LogP contribution in [-0.4, -0.2) is 56.0 Å². The van der Waals surface area contributed by atoms with E-state index in [2.05, 4.69) is 25.7 Å². The molecular weight excluding hydrogens is 461 g/mol. The Hall–Kier alpha value is -3.21. The van der Waals surface area contributed by atoms with E-state index in [9.17, 15) is 23.1 Å². The van der Waals surface area contributed by atoms with Crippen LogP contribution in [0.15, 0.2) is 24.4 Å². The van der Waals surface area contributed by atoms with Crippen molar-refractivity contribution in [3.63, 3.8) is 0 Å². The smallest absolute Gasteiger partial charge is 0.391 e. The number of alkyl halides is 3. The third kappa shape index (κ3) is 5.72. The average Bonchev–Trinajstić information content (AvgIpc) is 3.16. The van der Waals surface area contributed by atoms with Gasteiger partial charge >= 0.3 is 6.18 Å². The van der Waals surface area contributed by atoms with Crippen molar-refractivity contribution in [1.29, 1.82) is 0 Å². The fourth-order valence-corrected chi connectivity index (χ4v) is 4.66. The number of nitrogens with one attached hydrogen (secondary N) is 2. The zero-order chi connectivity index (χ0) is 25.3. The molecule has 0 aromatic carbocycles. The molecule has 188 valence electrons. The number of aliphatic hydroxyl groups excluding tert-OH is 1. The van der Waals surface area contributed by atoms with Gasteiger partial charge in [-0.25, -0.2) is 14.5 Å². The number of halogens is 3. The second-order valence-electron chi connectivity index (χ2n) is 9.19. The molecular formula is C24H29F3N6O2. The first-order chi connectivity index (χ1) is 16.5. The summed E-state index contributed by atoms with van der Waals surface area (Å²) in [6, 6.07) is 4.67. The molecule has 1 aliphatic carbocycles. The summed E-state index contributed by atoms with van der Waals surface area (Å²) < 4.78 is 40.1. The Morgan fingerprint density at radius 2 is 1.94 bits per heavy atom. The largest absolute Gasteiger partial charge is 0.393 e. The molecule has 35 heavy (non-hydrogen) atoms. The summed E-state index contributed by atoms with van der Waals surface area (Å²) >= 11 is 0. The predicted octanol–water partition coefficient (Wildman–Crippen LogP) is 4.23. The Morgan fingerprint density at radius 3 is 2.60 bits per heavy atom. The Morgan fingerprint density at radius 1 is 1.23 bits per heavy atom. The maximum atomic E-state index is 12.8. The van der Waals surface area contributed by atoms with E-state index in [1.807, 2.05) is 12.1 Å². The van der Waals surface area contributed by atoms with Gasteiger partial charge in [0.1, 0.15) is 5.69 Å². The van der Waals surface area contributed by atoms with E-state index < -0.39 is 18.6 Å². The minimum absolute atomic E-state index is 0.102. The molecule has 11 heteroatoms. The summed E-state index contributed by atoms with van der Waals surface area (Å²) in [4.78, 5) is 20.8. The normalized spacial score (nSPS) is 19.5. The van der Waals surface area contributed by atoms with Crippen molar-refractivity contribution in [2.45, 2.75) is 70.2 Å². The lowest BCUT2D eigenvalue weighted by molar-refractivity contribution is -0.136. The number of nitrogens with zero attached hydrogens (tertiary/aromatic N) is 4. The number of fused-ring (bicyclic) bond motifs is 1. The van der Waals surface area contributed by atoms with Gasteiger partial charge in [-0.1, -0.05) is 0 Å². The van der Waals surface area contributed by atoms with Crippen LogP contribution >= 0.6 is 0 Å². The average molecular weight is 491 g/mol. The second-order valence-corrected chi connectivity index (χ2v) is 9.19. The van der Waals surface area contributed by atoms with E-state index >= 15 is 0 Å². The number of carbonyl (C=O) groups is 1. The lowest BCUT2D eigenvalue weighted by Crippen LogP contribution is -2.25. The Bertz CT molecular complexity index is 1220. The van der Waals surface area contributed by atoms with Crippen molar-refractivity contribution >= 4 is 17.4 Å². The van der Waals surface area contributed by atoms with Gasteiger partial charge in [-0.3, -0.25) is 4.79 Å². The van der Waals surface area contributed by atoms with Crippen molar-refractivity contribution in [3.8, 4) is 11.1 Å². The van der Waals surface area contributed by atoms with Gasteiger partial charge in [0, 0.05) is 36.0 Å². The summed E-state index contributed by atoms with van der Waals surface area (Å²) in [5, 5.41) is 19.9. The van der Waals surface area contributed by atoms with E-state index in [1.165, 1.54) is 14.0 Å². The zero-order valence-electron chi connectivity index (χ0n) is 19.9. The highest BCUT2D eigenvalue weighted by Crippen LogP contribution is 2.38. The summed E-state index contributed by atoms with van der Waals surface area (Å²) in [5.74, 6) is -0.0804. The molecule has 0 spiro atoms. The van der Waals surface area contributed by atoms with Crippen LogP contribution in [0.2, 0.25) is 0 Å². The second kappa shape index (κ2) is 9.80. The number of hydrogen-bond donors (Lipinski definition) is 3. The maximum absolute atomic E-state index is 12.8. The number of aromatic nitrogens is 4. The van der Waals surface area contributed by atoms with Gasteiger partial charge in [0.2, 0.25) is 5.95 Å². The van der Waals surface area contributed by atoms with Gasteiger partial charge in [0.05, 0.1) is 24.2 Å². The van der Waals surface area contributed by atoms with Crippen LogP contribution in [0.4, 0.5) is 19.1 Å². The van der Waals surface area contributed by atoms with E-state index in [1.54, 1.807) is 23.7 Å². The third-order valence-electron chi connectivity index (χ3n) is 6.30. The van der Waals surface area contributed by atoms with Crippen LogP contribution in [0, 0.1) is 6.92 Å². The molecule has 0 radical (unpaired) electrons. The zero-order valence-corrected chi connectivity index (χ0v) is 19.9. The molecule has 0 bridgehead atoms. The number of rotatable bonds is 6. The van der Waals surface area contributed by atoms with Crippen LogP contribution in [0.3, 0.4) is 0 Å². The monoisotopic (exact) mass is 490 g/mol. The van der Waals surface area contributed by atoms with Crippen molar-refractivity contribution < 1.29 is 23.1 Å². The molecule has 8 nitrogen and oxygen atoms in total. The van der Waals surface area contributed by atoms with Gasteiger partial charge in [0.15, 0.2) is 0 Å². The van der Waals surface area contributed by atoms with Crippen LogP contribution in [0.25, 0.3) is 16.6 Å². The number of amides is 1. The molecule has 1 amide bonds. The van der Waals surface area contributed by atoms with Gasteiger partial charge in [-0.2, -0.15) is 13.2 Å². The minimum atomic E-state index is -4.30. The van der Waals surface area contributed by atoms with Crippen LogP contribution in [0.5, 0.6) is 0 Å². The summed E-state index contributed by atoms with van der Waals surface area (Å²) in [7, 11) is 1.54. The van der Waals surface area contributed by atoms with E-state index in [4.69, 9.17) is 0 Å². The van der Waals surface area contributed by atoms with Gasteiger partial charge < -0.3 is 15.7 Å². The molecule has 1 atom stereocenters. The Balaban J connectivity index is 1.79. The number of carbonyl (C=O) groups excluding carboxylic acids is 1. The lowest BCUT2D eigenvalue weighted by atomic mass is 9.85. The molecule has 3 aromatic heterocycles. The minimum Gasteiger partial charge on any atom is -0.393 e. The molecule has 0 unspecified atom stereocenters. The Labute approximate surface area is 201 Å². The van der Waals surface area contributed by atoms with Crippen LogP contribution < -0.4 is 10.6 Å². The summed E-state index contributed by atoms with van der Waals surface area (Å²) in [5.41, 5.74) is 4.09. The van der Waals surface area contributed by atoms with Crippen molar-refractivity contribution in [3.05, 3.63) is 41.5 Å². The fraction of sp³-hybridized carbons (Fsp3) is 0.500. The maximum Gasteiger partial charge on any atom is 0.391 e. The van der Waals surface area contributed by atoms with Crippen molar-refractivity contribution in [2.24, 2.45) is 0 Å². The summed E-state index contributed by atoms with van der Waals surface area (Å²) in [6.07, 6.45) is -1.18. The first-order valence-electron chi connectivity index (χ1n) is 11.6. The highest BCUT2D eigenvalue weighted by molar-refractivity contribution is 5.94. The number of pyridine rings is 1. The molecule has 3 heterocycles. The number of aliphatic hydroxyl groups is 1. The van der Waals surface area contributed by atoms with Crippen molar-refractivity contribution in [1.82, 2.24) is 24.9 Å². The topological polar surface area (TPSA) is 104 Å². The quantitative estimate of drug-likeness (QED) is 0.478. The van der Waals surface area contributed by atoms with Crippen LogP contribution in [-0.2, 0) is 0 Å². The Kier molecular flexibility index (Phi) is 6.98. The molecule has 1 fully saturated rings. The highest BCUT2D eigenvalue weighted by Gasteiger charge is 2.31. The molecule has 3 N–H and O–H groups in total. The van der Waals surface area contributed by atoms with Gasteiger partial charge in [-0.15, -0.1) is 5.10 Å². The number of aryl methyl sites for hydroxylation is 1. The summed E-state index contributed by atoms with van der Waals surface area (Å²) in [6.45, 7) is 3.24. The standard InChI is InChI=1S/C24H29F3N6O2/c1-13-8-16(9-19(30-13)22(35)28-3)18-10-20(15-4-6-17(34)7-5-15)33-21(18)12-29-23(32-33)31-14(2)11-24(25,26)27/h8-10,12,14-15,17,34H,4-7,11H2,1-3H3,(H,28,35)(H,31,32)/t14-,15?,17?/m0/s1. The molecule has 4 rings (SSSR count). The first kappa shape index (κ1) is 24.9. The molecule has 0 aliphatic heterocycles. The van der Waals surface area contributed by atoms with E-state index in [-0.39, 0.29) is 29.6 Å². The SMILES string of the molecule is CNC(=O)c1cc(-c2cc(C3CCC(O)CC3)n3nc(N[C@@H](C)CC(F)(F)F)ncc23)cc(C)n1. The highest BCUT2D eigenvalue weighted by atomic mass is 19.4. The molecule has 3 aromatic rings. The van der Waals surface area contributed by atoms with Gasteiger partial charge in [-0.05, 0) is 63.3 Å². The van der Waals surface area contributed by atoms with Crippen LogP contribution in [0.1, 0.15) is 66.8 Å². The van der Waals surface area contributed by atoms with E-state index in [0.29, 0.717) is 24.1 Å². The fourth-order valence-electron chi connectivity index (χ4n) is 4.66. The lowest BCUT2D eigenvalue weighted by Gasteiger charge is -2.25. The first-order valence-corrected chi connectivity index (χ1v) is 11.6. The molecule has 1 aliphatic rings. The molecule has 1 saturated carbocycles. The van der Waals surface area contributed by atoms with Crippen molar-refractivity contribution in [2.75, 3.05) is 12.4 Å².